The fourth-order valence-electron chi connectivity index (χ4n) is 3.39. The molecule has 1 atom stereocenters. The first-order valence-corrected chi connectivity index (χ1v) is 10.2. The number of thiophene rings is 1. The molecule has 0 unspecified atom stereocenters. The van der Waals surface area contributed by atoms with Gasteiger partial charge >= 0.3 is 0 Å². The van der Waals surface area contributed by atoms with Gasteiger partial charge < -0.3 is 24.2 Å². The Kier molecular flexibility index (Phi) is 4.57. The minimum atomic E-state index is -0.161. The number of nitrogens with one attached hydrogen (secondary N) is 2. The van der Waals surface area contributed by atoms with Gasteiger partial charge in [-0.15, -0.1) is 11.3 Å². The summed E-state index contributed by atoms with van der Waals surface area (Å²) in [5.74, 6) is 2.80. The number of rotatable bonds is 5. The van der Waals surface area contributed by atoms with Crippen molar-refractivity contribution in [3.05, 3.63) is 63.7 Å². The summed E-state index contributed by atoms with van der Waals surface area (Å²) in [6.45, 7) is 3.63. The molecule has 0 saturated carbocycles. The molecule has 8 heteroatoms. The molecule has 0 amide bonds. The van der Waals surface area contributed by atoms with E-state index in [0.717, 1.165) is 22.6 Å². The first-order valence-electron chi connectivity index (χ1n) is 9.36. The molecule has 4 aromatic rings. The van der Waals surface area contributed by atoms with E-state index in [1.54, 1.807) is 12.3 Å². The van der Waals surface area contributed by atoms with E-state index in [1.165, 1.54) is 11.3 Å². The van der Waals surface area contributed by atoms with Crippen molar-refractivity contribution in [3.63, 3.8) is 0 Å². The van der Waals surface area contributed by atoms with Crippen LogP contribution in [0.25, 0.3) is 21.5 Å². The van der Waals surface area contributed by atoms with Crippen LogP contribution in [0.3, 0.4) is 0 Å². The molecule has 5 rings (SSSR count). The van der Waals surface area contributed by atoms with Gasteiger partial charge in [0.25, 0.3) is 5.56 Å². The van der Waals surface area contributed by atoms with Gasteiger partial charge in [0.15, 0.2) is 11.5 Å². The van der Waals surface area contributed by atoms with Crippen LogP contribution in [0, 0.1) is 0 Å². The van der Waals surface area contributed by atoms with Gasteiger partial charge in [-0.25, -0.2) is 4.98 Å². The molecular formula is C21H19N3O4S. The Bertz CT molecular complexity index is 1210. The average Bonchev–Trinajstić information content (AvgIpc) is 3.41. The van der Waals surface area contributed by atoms with Gasteiger partial charge in [0.05, 0.1) is 18.2 Å². The number of hydrogen-bond acceptors (Lipinski definition) is 7. The Morgan fingerprint density at radius 2 is 2.10 bits per heavy atom. The predicted molar refractivity (Wildman–Crippen MR) is 111 cm³/mol. The summed E-state index contributed by atoms with van der Waals surface area (Å²) in [5, 5.41) is 5.87. The van der Waals surface area contributed by atoms with Crippen LogP contribution in [-0.4, -0.2) is 23.2 Å². The fraction of sp³-hybridized carbons (Fsp3) is 0.238. The molecule has 3 aromatic heterocycles. The van der Waals surface area contributed by atoms with Gasteiger partial charge in [0, 0.05) is 17.0 Å². The van der Waals surface area contributed by atoms with E-state index in [2.05, 4.69) is 22.2 Å². The van der Waals surface area contributed by atoms with E-state index in [4.69, 9.17) is 13.9 Å². The van der Waals surface area contributed by atoms with Crippen molar-refractivity contribution < 1.29 is 13.9 Å². The first-order chi connectivity index (χ1) is 14.2. The van der Waals surface area contributed by atoms with Crippen LogP contribution >= 0.6 is 11.3 Å². The van der Waals surface area contributed by atoms with E-state index in [9.17, 15) is 4.79 Å². The maximum absolute atomic E-state index is 12.7. The van der Waals surface area contributed by atoms with Crippen LogP contribution in [0.1, 0.15) is 24.4 Å². The summed E-state index contributed by atoms with van der Waals surface area (Å²) < 4.78 is 16.7. The van der Waals surface area contributed by atoms with E-state index in [-0.39, 0.29) is 11.6 Å². The monoisotopic (exact) mass is 409 g/mol. The summed E-state index contributed by atoms with van der Waals surface area (Å²) in [7, 11) is 0. The molecule has 1 aromatic carbocycles. The lowest BCUT2D eigenvalue weighted by molar-refractivity contribution is 0.171. The number of nitrogens with zero attached hydrogens (tertiary/aromatic N) is 1. The Morgan fingerprint density at radius 1 is 1.24 bits per heavy atom. The molecule has 29 heavy (non-hydrogen) atoms. The largest absolute Gasteiger partial charge is 0.486 e. The second kappa shape index (κ2) is 7.38. The second-order valence-corrected chi connectivity index (χ2v) is 7.68. The topological polar surface area (TPSA) is 89.4 Å². The quantitative estimate of drug-likeness (QED) is 0.520. The van der Waals surface area contributed by atoms with E-state index in [0.29, 0.717) is 41.6 Å². The number of aromatic nitrogens is 2. The number of benzene rings is 1. The lowest BCUT2D eigenvalue weighted by Gasteiger charge is -2.21. The van der Waals surface area contributed by atoms with Crippen molar-refractivity contribution in [1.82, 2.24) is 15.3 Å². The Morgan fingerprint density at radius 3 is 2.93 bits per heavy atom. The number of H-pyrrole nitrogens is 1. The molecular weight excluding hydrogens is 390 g/mol. The van der Waals surface area contributed by atoms with Gasteiger partial charge in [-0.3, -0.25) is 4.79 Å². The first kappa shape index (κ1) is 18.0. The SMILES string of the molecule is C[C@H](NCc1nc2scc(-c3ccco3)c2c(=O)[nH]1)c1ccc2c(c1)OCCO2. The molecule has 0 saturated heterocycles. The zero-order chi connectivity index (χ0) is 19.8. The van der Waals surface area contributed by atoms with Crippen molar-refractivity contribution in [2.45, 2.75) is 19.5 Å². The van der Waals surface area contributed by atoms with Gasteiger partial charge in [-0.1, -0.05) is 6.07 Å². The van der Waals surface area contributed by atoms with Crippen LogP contribution in [0.15, 0.2) is 51.2 Å². The Labute approximate surface area is 170 Å². The highest BCUT2D eigenvalue weighted by atomic mass is 32.1. The molecule has 1 aliphatic rings. The van der Waals surface area contributed by atoms with Crippen molar-refractivity contribution in [2.75, 3.05) is 13.2 Å². The van der Waals surface area contributed by atoms with Gasteiger partial charge in [0.1, 0.15) is 29.6 Å². The van der Waals surface area contributed by atoms with E-state index < -0.39 is 0 Å². The maximum atomic E-state index is 12.7. The molecule has 1 aliphatic heterocycles. The van der Waals surface area contributed by atoms with Gasteiger partial charge in [0.2, 0.25) is 0 Å². The zero-order valence-corrected chi connectivity index (χ0v) is 16.5. The normalized spacial score (nSPS) is 14.2. The lowest BCUT2D eigenvalue weighted by atomic mass is 10.1. The van der Waals surface area contributed by atoms with Crippen LogP contribution in [0.4, 0.5) is 0 Å². The smallest absolute Gasteiger partial charge is 0.260 e. The minimum Gasteiger partial charge on any atom is -0.486 e. The van der Waals surface area contributed by atoms with Crippen molar-refractivity contribution in [3.8, 4) is 22.8 Å². The van der Waals surface area contributed by atoms with Crippen LogP contribution in [-0.2, 0) is 6.54 Å². The summed E-state index contributed by atoms with van der Waals surface area (Å²) in [6, 6.07) is 9.62. The van der Waals surface area contributed by atoms with E-state index in [1.807, 2.05) is 29.6 Å². The van der Waals surface area contributed by atoms with Crippen LogP contribution in [0.5, 0.6) is 11.5 Å². The highest BCUT2D eigenvalue weighted by Crippen LogP contribution is 2.33. The number of furan rings is 1. The van der Waals surface area contributed by atoms with Crippen molar-refractivity contribution in [2.24, 2.45) is 0 Å². The van der Waals surface area contributed by atoms with Crippen molar-refractivity contribution >= 4 is 21.6 Å². The lowest BCUT2D eigenvalue weighted by Crippen LogP contribution is -2.22. The number of hydrogen-bond donors (Lipinski definition) is 2. The van der Waals surface area contributed by atoms with Crippen molar-refractivity contribution in [1.29, 1.82) is 0 Å². The summed E-state index contributed by atoms with van der Waals surface area (Å²) >= 11 is 1.44. The fourth-order valence-corrected chi connectivity index (χ4v) is 4.33. The molecule has 2 N–H and O–H groups in total. The molecule has 0 aliphatic carbocycles. The average molecular weight is 409 g/mol. The third-order valence-corrected chi connectivity index (χ3v) is 5.79. The summed E-state index contributed by atoms with van der Waals surface area (Å²) in [5.41, 5.74) is 1.69. The van der Waals surface area contributed by atoms with Gasteiger partial charge in [-0.05, 0) is 36.8 Å². The number of ether oxygens (including phenoxy) is 2. The Hall–Kier alpha value is -3.10. The molecule has 148 valence electrons. The molecule has 0 radical (unpaired) electrons. The molecule has 0 spiro atoms. The minimum absolute atomic E-state index is 0.0499. The predicted octanol–water partition coefficient (Wildman–Crippen LogP) is 3.87. The maximum Gasteiger partial charge on any atom is 0.260 e. The standard InChI is InChI=1S/C21H19N3O4S/c1-12(13-4-5-16-17(9-13)28-8-7-27-16)22-10-18-23-20(25)19-14(11-29-21(19)24-18)15-3-2-6-26-15/h2-6,9,11-12,22H,7-8,10H2,1H3,(H,23,24,25)/t12-/m0/s1. The number of fused-ring (bicyclic) bond motifs is 2. The molecule has 7 nitrogen and oxygen atoms in total. The summed E-state index contributed by atoms with van der Waals surface area (Å²) in [6.07, 6.45) is 1.60. The molecule has 0 fully saturated rings. The zero-order valence-electron chi connectivity index (χ0n) is 15.7. The third-order valence-electron chi connectivity index (χ3n) is 4.92. The van der Waals surface area contributed by atoms with Gasteiger partial charge in [-0.2, -0.15) is 0 Å². The molecule has 0 bridgehead atoms. The molecule has 4 heterocycles. The second-order valence-electron chi connectivity index (χ2n) is 6.83. The third kappa shape index (κ3) is 3.41. The highest BCUT2D eigenvalue weighted by Gasteiger charge is 2.16. The highest BCUT2D eigenvalue weighted by molar-refractivity contribution is 7.17. The van der Waals surface area contributed by atoms with E-state index >= 15 is 0 Å². The summed E-state index contributed by atoms with van der Waals surface area (Å²) in [4.78, 5) is 20.9. The van der Waals surface area contributed by atoms with Crippen LogP contribution in [0.2, 0.25) is 0 Å². The van der Waals surface area contributed by atoms with Crippen LogP contribution < -0.4 is 20.3 Å². The number of aromatic amines is 1. The Balaban J connectivity index is 1.35.